The van der Waals surface area contributed by atoms with Crippen molar-refractivity contribution in [2.45, 2.75) is 12.5 Å². The summed E-state index contributed by atoms with van der Waals surface area (Å²) in [5.74, 6) is -0.748. The van der Waals surface area contributed by atoms with Gasteiger partial charge < -0.3 is 25.5 Å². The average Bonchev–Trinajstić information content (AvgIpc) is 3.14. The van der Waals surface area contributed by atoms with E-state index >= 15 is 0 Å². The van der Waals surface area contributed by atoms with Crippen molar-refractivity contribution >= 4 is 32.5 Å². The zero-order valence-corrected chi connectivity index (χ0v) is 16.7. The van der Waals surface area contributed by atoms with E-state index in [9.17, 15) is 19.0 Å². The normalized spacial score (nSPS) is 17.3. The van der Waals surface area contributed by atoms with E-state index in [2.05, 4.69) is 15.3 Å². The number of piperazine rings is 1. The first kappa shape index (κ1) is 20.8. The van der Waals surface area contributed by atoms with Crippen LogP contribution < -0.4 is 10.2 Å². The van der Waals surface area contributed by atoms with Crippen LogP contribution in [0, 0.1) is 11.6 Å². The van der Waals surface area contributed by atoms with E-state index in [0.29, 0.717) is 41.5 Å². The molecule has 1 unspecified atom stereocenters. The quantitative estimate of drug-likeness (QED) is 0.430. The van der Waals surface area contributed by atoms with E-state index in [4.69, 9.17) is 5.11 Å². The van der Waals surface area contributed by atoms with Crippen LogP contribution in [0.5, 0.6) is 0 Å². The smallest absolute Gasteiger partial charge is 0.186 e. The van der Waals surface area contributed by atoms with Gasteiger partial charge in [-0.05, 0) is 24.3 Å². The molecule has 8 nitrogen and oxygen atoms in total. The van der Waals surface area contributed by atoms with Gasteiger partial charge in [0.25, 0.3) is 0 Å². The number of nitrogens with one attached hydrogen (secondary N) is 1. The van der Waals surface area contributed by atoms with E-state index in [1.54, 1.807) is 15.9 Å². The highest BCUT2D eigenvalue weighted by atomic mass is 32.1. The van der Waals surface area contributed by atoms with Crippen molar-refractivity contribution in [2.24, 2.45) is 0 Å². The van der Waals surface area contributed by atoms with Crippen molar-refractivity contribution in [3.05, 3.63) is 47.7 Å². The monoisotopic (exact) mass is 437 g/mol. The third-order valence-corrected chi connectivity index (χ3v) is 5.91. The Hall–Kier alpha value is -2.44. The maximum atomic E-state index is 14.4. The number of benzene rings is 1. The molecule has 30 heavy (non-hydrogen) atoms. The van der Waals surface area contributed by atoms with Gasteiger partial charge in [-0.3, -0.25) is 4.90 Å². The summed E-state index contributed by atoms with van der Waals surface area (Å²) in [7, 11) is 0. The Morgan fingerprint density at radius 2 is 1.90 bits per heavy atom. The second-order valence-electron chi connectivity index (χ2n) is 6.94. The van der Waals surface area contributed by atoms with Gasteiger partial charge in [-0.25, -0.2) is 18.7 Å². The van der Waals surface area contributed by atoms with Crippen molar-refractivity contribution < 1.29 is 24.1 Å². The topological polar surface area (TPSA) is 105 Å². The summed E-state index contributed by atoms with van der Waals surface area (Å²) in [4.78, 5) is 12.0. The van der Waals surface area contributed by atoms with Crippen molar-refractivity contribution in [1.29, 1.82) is 0 Å². The van der Waals surface area contributed by atoms with E-state index in [-0.39, 0.29) is 17.2 Å². The predicted molar refractivity (Wildman–Crippen MR) is 109 cm³/mol. The zero-order valence-electron chi connectivity index (χ0n) is 15.9. The minimum atomic E-state index is -1.17. The molecule has 1 aliphatic rings. The van der Waals surface area contributed by atoms with Gasteiger partial charge >= 0.3 is 0 Å². The Balaban J connectivity index is 1.36. The molecule has 3 aromatic rings. The highest BCUT2D eigenvalue weighted by molar-refractivity contribution is 7.22. The van der Waals surface area contributed by atoms with Gasteiger partial charge in [-0.2, -0.15) is 0 Å². The van der Waals surface area contributed by atoms with E-state index in [1.165, 1.54) is 35.7 Å². The number of nitrogens with zero attached hydrogens (tertiary/aromatic N) is 4. The molecule has 160 valence electrons. The molecule has 0 bridgehead atoms. The van der Waals surface area contributed by atoms with Gasteiger partial charge in [0.2, 0.25) is 0 Å². The van der Waals surface area contributed by atoms with Crippen LogP contribution in [0.3, 0.4) is 0 Å². The molecule has 4 rings (SSSR count). The van der Waals surface area contributed by atoms with Crippen molar-refractivity contribution in [2.75, 3.05) is 43.0 Å². The lowest BCUT2D eigenvalue weighted by Crippen LogP contribution is -2.53. The molecule has 0 radical (unpaired) electrons. The first-order valence-electron chi connectivity index (χ1n) is 9.38. The predicted octanol–water partition coefficient (Wildman–Crippen LogP) is 1.51. The fourth-order valence-electron chi connectivity index (χ4n) is 3.31. The number of aliphatic hydroxyl groups excluding tert-OH is 3. The standard InChI is InChI=1S/C19H21F2N5O3S/c20-12-1-2-14-16(8-12)30-18(23-14)24-19(29)26-5-3-25(4-6-26)17-13(21)7-11(9-22-17)15(28)10-27/h1-2,7-9,15,19,27-29H,3-6,10H2,(H,23,24)/t15-,19?/m1/s1. The summed E-state index contributed by atoms with van der Waals surface area (Å²) in [5, 5.41) is 32.5. The minimum absolute atomic E-state index is 0.166. The molecule has 0 amide bonds. The summed E-state index contributed by atoms with van der Waals surface area (Å²) in [6.07, 6.45) is -0.812. The largest absolute Gasteiger partial charge is 0.393 e. The summed E-state index contributed by atoms with van der Waals surface area (Å²) in [5.41, 5.74) is 0.866. The van der Waals surface area contributed by atoms with Crippen LogP contribution in [0.4, 0.5) is 19.7 Å². The molecule has 2 aromatic heterocycles. The first-order valence-corrected chi connectivity index (χ1v) is 10.2. The average molecular weight is 437 g/mol. The summed E-state index contributed by atoms with van der Waals surface area (Å²) >= 11 is 1.25. The molecule has 0 aliphatic carbocycles. The van der Waals surface area contributed by atoms with Gasteiger partial charge in [0.05, 0.1) is 16.8 Å². The van der Waals surface area contributed by atoms with Crippen LogP contribution in [-0.2, 0) is 0 Å². The number of rotatable bonds is 6. The molecule has 0 saturated carbocycles. The van der Waals surface area contributed by atoms with Crippen molar-refractivity contribution in [1.82, 2.24) is 14.9 Å². The molecular formula is C19H21F2N5O3S. The summed E-state index contributed by atoms with van der Waals surface area (Å²) < 4.78 is 28.4. The molecule has 0 spiro atoms. The maximum absolute atomic E-state index is 14.4. The Labute approximate surface area is 175 Å². The van der Waals surface area contributed by atoms with Gasteiger partial charge in [0, 0.05) is 37.9 Å². The lowest BCUT2D eigenvalue weighted by molar-refractivity contribution is 0.0223. The lowest BCUT2D eigenvalue weighted by Gasteiger charge is -2.37. The second-order valence-corrected chi connectivity index (χ2v) is 7.98. The number of hydrogen-bond acceptors (Lipinski definition) is 9. The number of aliphatic hydroxyl groups is 3. The minimum Gasteiger partial charge on any atom is -0.393 e. The van der Waals surface area contributed by atoms with Crippen molar-refractivity contribution in [3.8, 4) is 0 Å². The molecule has 1 aliphatic heterocycles. The molecule has 11 heteroatoms. The highest BCUT2D eigenvalue weighted by Gasteiger charge is 2.25. The van der Waals surface area contributed by atoms with E-state index < -0.39 is 24.9 Å². The Morgan fingerprint density at radius 3 is 2.60 bits per heavy atom. The molecule has 3 heterocycles. The number of thiazole rings is 1. The number of fused-ring (bicyclic) bond motifs is 1. The first-order chi connectivity index (χ1) is 14.4. The Morgan fingerprint density at radius 1 is 1.13 bits per heavy atom. The molecule has 1 saturated heterocycles. The van der Waals surface area contributed by atoms with Gasteiger partial charge in [-0.15, -0.1) is 0 Å². The zero-order chi connectivity index (χ0) is 21.3. The third-order valence-electron chi connectivity index (χ3n) is 4.96. The number of aromatic nitrogens is 2. The molecule has 4 N–H and O–H groups in total. The fraction of sp³-hybridized carbons (Fsp3) is 0.368. The molecular weight excluding hydrogens is 416 g/mol. The third kappa shape index (κ3) is 4.35. The van der Waals surface area contributed by atoms with Gasteiger partial charge in [0.15, 0.2) is 23.1 Å². The number of halogens is 2. The SMILES string of the molecule is OC[C@@H](O)c1cnc(N2CCN(C(O)Nc3nc4ccc(F)cc4s3)CC2)c(F)c1. The van der Waals surface area contributed by atoms with Crippen LogP contribution in [0.25, 0.3) is 10.2 Å². The van der Waals surface area contributed by atoms with Gasteiger partial charge in [0.1, 0.15) is 11.9 Å². The lowest BCUT2D eigenvalue weighted by atomic mass is 10.1. The maximum Gasteiger partial charge on any atom is 0.186 e. The van der Waals surface area contributed by atoms with Crippen LogP contribution in [-0.4, -0.2) is 69.3 Å². The molecule has 2 atom stereocenters. The number of anilines is 2. The summed E-state index contributed by atoms with van der Waals surface area (Å²) in [6, 6.07) is 5.49. The molecule has 1 fully saturated rings. The number of pyridine rings is 1. The molecule has 1 aromatic carbocycles. The fourth-order valence-corrected chi connectivity index (χ4v) is 4.21. The van der Waals surface area contributed by atoms with Crippen LogP contribution in [0.2, 0.25) is 0 Å². The van der Waals surface area contributed by atoms with E-state index in [0.717, 1.165) is 0 Å². The van der Waals surface area contributed by atoms with Crippen molar-refractivity contribution in [3.63, 3.8) is 0 Å². The number of hydrogen-bond donors (Lipinski definition) is 4. The Kier molecular flexibility index (Phi) is 6.06. The highest BCUT2D eigenvalue weighted by Crippen LogP contribution is 2.27. The Bertz CT molecular complexity index is 1030. The van der Waals surface area contributed by atoms with Crippen LogP contribution in [0.15, 0.2) is 30.5 Å². The van der Waals surface area contributed by atoms with Gasteiger partial charge in [-0.1, -0.05) is 11.3 Å². The van der Waals surface area contributed by atoms with Crippen LogP contribution in [0.1, 0.15) is 11.7 Å². The van der Waals surface area contributed by atoms with Crippen LogP contribution >= 0.6 is 11.3 Å². The second kappa shape index (κ2) is 8.74. The summed E-state index contributed by atoms with van der Waals surface area (Å²) in [6.45, 7) is 1.28. The van der Waals surface area contributed by atoms with E-state index in [1.807, 2.05) is 0 Å².